The number of nitrogens with zero attached hydrogens (tertiary/aromatic N) is 1. The lowest BCUT2D eigenvalue weighted by molar-refractivity contribution is -0.130. The van der Waals surface area contributed by atoms with Gasteiger partial charge in [-0.05, 0) is 19.3 Å². The van der Waals surface area contributed by atoms with E-state index in [9.17, 15) is 4.79 Å². The van der Waals surface area contributed by atoms with Crippen LogP contribution >= 0.6 is 12.4 Å². The van der Waals surface area contributed by atoms with E-state index < -0.39 is 0 Å². The first-order valence-corrected chi connectivity index (χ1v) is 5.64. The molecule has 1 aliphatic rings. The zero-order valence-electron chi connectivity index (χ0n) is 10.4. The lowest BCUT2D eigenvalue weighted by Gasteiger charge is -2.21. The van der Waals surface area contributed by atoms with Crippen LogP contribution in [0.4, 0.5) is 0 Å². The molecule has 0 bridgehead atoms. The third-order valence-corrected chi connectivity index (χ3v) is 2.86. The largest absolute Gasteiger partial charge is 0.383 e. The number of ether oxygens (including phenoxy) is 1. The molecule has 1 aliphatic heterocycles. The van der Waals surface area contributed by atoms with E-state index in [2.05, 4.69) is 19.2 Å². The molecule has 16 heavy (non-hydrogen) atoms. The van der Waals surface area contributed by atoms with Gasteiger partial charge in [0.1, 0.15) is 0 Å². The maximum absolute atomic E-state index is 11.8. The lowest BCUT2D eigenvalue weighted by atomic mass is 10.1. The summed E-state index contributed by atoms with van der Waals surface area (Å²) >= 11 is 0. The minimum absolute atomic E-state index is 0. The Kier molecular flexibility index (Phi) is 7.72. The SMILES string of the molecule is COCCNCC(=O)N1CC(C)CC1C.Cl. The fraction of sp³-hybridized carbons (Fsp3) is 0.909. The fourth-order valence-corrected chi connectivity index (χ4v) is 2.12. The van der Waals surface area contributed by atoms with E-state index in [0.717, 1.165) is 19.5 Å². The van der Waals surface area contributed by atoms with Crippen molar-refractivity contribution in [3.05, 3.63) is 0 Å². The van der Waals surface area contributed by atoms with Gasteiger partial charge in [0.15, 0.2) is 0 Å². The normalized spacial score (nSPS) is 24.3. The first-order chi connectivity index (χ1) is 7.15. The van der Waals surface area contributed by atoms with Gasteiger partial charge in [0.25, 0.3) is 0 Å². The van der Waals surface area contributed by atoms with Crippen LogP contribution in [-0.2, 0) is 9.53 Å². The molecule has 1 fully saturated rings. The van der Waals surface area contributed by atoms with Crippen LogP contribution in [0.2, 0.25) is 0 Å². The van der Waals surface area contributed by atoms with Crippen LogP contribution in [0.15, 0.2) is 0 Å². The lowest BCUT2D eigenvalue weighted by Crippen LogP contribution is -2.40. The Morgan fingerprint density at radius 1 is 1.50 bits per heavy atom. The summed E-state index contributed by atoms with van der Waals surface area (Å²) in [5.41, 5.74) is 0. The standard InChI is InChI=1S/C11H22N2O2.ClH/c1-9-6-10(2)13(8-9)11(14)7-12-4-5-15-3;/h9-10,12H,4-8H2,1-3H3;1H. The summed E-state index contributed by atoms with van der Waals surface area (Å²) in [5.74, 6) is 0.853. The average molecular weight is 251 g/mol. The monoisotopic (exact) mass is 250 g/mol. The number of carbonyl (C=O) groups is 1. The molecular weight excluding hydrogens is 228 g/mol. The summed E-state index contributed by atoms with van der Waals surface area (Å²) in [6, 6.07) is 0.400. The molecule has 0 aromatic heterocycles. The van der Waals surface area contributed by atoms with E-state index in [4.69, 9.17) is 4.74 Å². The third kappa shape index (κ3) is 4.68. The number of rotatable bonds is 5. The van der Waals surface area contributed by atoms with Crippen molar-refractivity contribution in [3.8, 4) is 0 Å². The van der Waals surface area contributed by atoms with Crippen molar-refractivity contribution in [1.82, 2.24) is 10.2 Å². The molecule has 0 saturated carbocycles. The van der Waals surface area contributed by atoms with Crippen molar-refractivity contribution < 1.29 is 9.53 Å². The fourth-order valence-electron chi connectivity index (χ4n) is 2.12. The predicted octanol–water partition coefficient (Wildman–Crippen LogP) is 0.901. The van der Waals surface area contributed by atoms with Gasteiger partial charge < -0.3 is 15.0 Å². The molecule has 1 heterocycles. The van der Waals surface area contributed by atoms with Crippen molar-refractivity contribution >= 4 is 18.3 Å². The second-order valence-corrected chi connectivity index (χ2v) is 4.41. The van der Waals surface area contributed by atoms with Crippen molar-refractivity contribution in [3.63, 3.8) is 0 Å². The zero-order chi connectivity index (χ0) is 11.3. The molecular formula is C11H23ClN2O2. The highest BCUT2D eigenvalue weighted by Crippen LogP contribution is 2.21. The van der Waals surface area contributed by atoms with E-state index in [0.29, 0.717) is 25.1 Å². The van der Waals surface area contributed by atoms with Crippen LogP contribution in [0, 0.1) is 5.92 Å². The predicted molar refractivity (Wildman–Crippen MR) is 66.9 cm³/mol. The molecule has 2 atom stereocenters. The van der Waals surface area contributed by atoms with Crippen LogP contribution in [0.1, 0.15) is 20.3 Å². The maximum Gasteiger partial charge on any atom is 0.236 e. The molecule has 0 spiro atoms. The van der Waals surface area contributed by atoms with E-state index in [1.54, 1.807) is 7.11 Å². The second-order valence-electron chi connectivity index (χ2n) is 4.41. The number of hydrogen-bond donors (Lipinski definition) is 1. The molecule has 1 rings (SSSR count). The molecule has 0 radical (unpaired) electrons. The summed E-state index contributed by atoms with van der Waals surface area (Å²) in [5, 5.41) is 3.08. The van der Waals surface area contributed by atoms with E-state index in [-0.39, 0.29) is 18.3 Å². The molecule has 1 saturated heterocycles. The molecule has 96 valence electrons. The highest BCUT2D eigenvalue weighted by atomic mass is 35.5. The minimum atomic E-state index is 0. The number of methoxy groups -OCH3 is 1. The summed E-state index contributed by atoms with van der Waals surface area (Å²) < 4.78 is 4.90. The first kappa shape index (κ1) is 15.7. The van der Waals surface area contributed by atoms with Crippen molar-refractivity contribution in [2.75, 3.05) is 33.4 Å². The highest BCUT2D eigenvalue weighted by Gasteiger charge is 2.29. The topological polar surface area (TPSA) is 41.6 Å². The van der Waals surface area contributed by atoms with Crippen molar-refractivity contribution in [2.45, 2.75) is 26.3 Å². The quantitative estimate of drug-likeness (QED) is 0.738. The van der Waals surface area contributed by atoms with Gasteiger partial charge in [-0.2, -0.15) is 0 Å². The van der Waals surface area contributed by atoms with E-state index >= 15 is 0 Å². The number of nitrogens with one attached hydrogen (secondary N) is 1. The van der Waals surface area contributed by atoms with Gasteiger partial charge in [-0.3, -0.25) is 4.79 Å². The zero-order valence-corrected chi connectivity index (χ0v) is 11.2. The van der Waals surface area contributed by atoms with Gasteiger partial charge in [0.05, 0.1) is 13.2 Å². The Morgan fingerprint density at radius 2 is 2.19 bits per heavy atom. The smallest absolute Gasteiger partial charge is 0.236 e. The van der Waals surface area contributed by atoms with E-state index in [1.807, 2.05) is 4.90 Å². The maximum atomic E-state index is 11.8. The summed E-state index contributed by atoms with van der Waals surface area (Å²) in [6.45, 7) is 7.05. The average Bonchev–Trinajstić information content (AvgIpc) is 2.52. The van der Waals surface area contributed by atoms with Gasteiger partial charge in [0, 0.05) is 26.2 Å². The van der Waals surface area contributed by atoms with Gasteiger partial charge in [-0.25, -0.2) is 0 Å². The van der Waals surface area contributed by atoms with Gasteiger partial charge >= 0.3 is 0 Å². The third-order valence-electron chi connectivity index (χ3n) is 2.86. The molecule has 1 amide bonds. The van der Waals surface area contributed by atoms with Gasteiger partial charge in [0.2, 0.25) is 5.91 Å². The summed E-state index contributed by atoms with van der Waals surface area (Å²) in [4.78, 5) is 13.8. The summed E-state index contributed by atoms with van der Waals surface area (Å²) in [7, 11) is 1.66. The van der Waals surface area contributed by atoms with Crippen LogP contribution in [-0.4, -0.2) is 50.2 Å². The second kappa shape index (κ2) is 7.87. The molecule has 0 aliphatic carbocycles. The number of amides is 1. The van der Waals surface area contributed by atoms with Crippen LogP contribution in [0.25, 0.3) is 0 Å². The molecule has 2 unspecified atom stereocenters. The van der Waals surface area contributed by atoms with E-state index in [1.165, 1.54) is 0 Å². The molecule has 5 heteroatoms. The Labute approximate surface area is 104 Å². The molecule has 1 N–H and O–H groups in total. The highest BCUT2D eigenvalue weighted by molar-refractivity contribution is 5.85. The van der Waals surface area contributed by atoms with Gasteiger partial charge in [-0.1, -0.05) is 6.92 Å². The van der Waals surface area contributed by atoms with Crippen molar-refractivity contribution in [2.24, 2.45) is 5.92 Å². The Hall–Kier alpha value is -0.320. The first-order valence-electron chi connectivity index (χ1n) is 5.64. The molecule has 0 aromatic rings. The van der Waals surface area contributed by atoms with Crippen LogP contribution in [0.3, 0.4) is 0 Å². The van der Waals surface area contributed by atoms with Crippen molar-refractivity contribution in [1.29, 1.82) is 0 Å². The van der Waals surface area contributed by atoms with Gasteiger partial charge in [-0.15, -0.1) is 12.4 Å². The Morgan fingerprint density at radius 3 is 2.69 bits per heavy atom. The number of carbonyl (C=O) groups excluding carboxylic acids is 1. The minimum Gasteiger partial charge on any atom is -0.383 e. The summed E-state index contributed by atoms with van der Waals surface area (Å²) in [6.07, 6.45) is 1.13. The number of likely N-dealkylation sites (tertiary alicyclic amines) is 1. The molecule has 0 aromatic carbocycles. The van der Waals surface area contributed by atoms with Crippen LogP contribution < -0.4 is 5.32 Å². The Balaban J connectivity index is 0.00000225. The van der Waals surface area contributed by atoms with Crippen LogP contribution in [0.5, 0.6) is 0 Å². The Bertz CT molecular complexity index is 214. The number of halogens is 1. The molecule has 4 nitrogen and oxygen atoms in total. The number of hydrogen-bond acceptors (Lipinski definition) is 3.